The third-order valence-corrected chi connectivity index (χ3v) is 5.74. The average molecular weight is 417 g/mol. The summed E-state index contributed by atoms with van der Waals surface area (Å²) in [6, 6.07) is 16.3. The van der Waals surface area contributed by atoms with E-state index in [1.165, 1.54) is 16.3 Å². The van der Waals surface area contributed by atoms with Gasteiger partial charge in [0.25, 0.3) is 11.1 Å². The maximum absolute atomic E-state index is 13.0. The molecule has 0 amide bonds. The Bertz CT molecular complexity index is 1420. The third kappa shape index (κ3) is 3.48. The van der Waals surface area contributed by atoms with E-state index in [1.807, 2.05) is 44.2 Å². The first kappa shape index (κ1) is 19.9. The van der Waals surface area contributed by atoms with Gasteiger partial charge in [-0.15, -0.1) is 0 Å². The summed E-state index contributed by atoms with van der Waals surface area (Å²) < 4.78 is 3.04. The van der Waals surface area contributed by atoms with Crippen LogP contribution in [0.25, 0.3) is 21.8 Å². The highest BCUT2D eigenvalue weighted by Crippen LogP contribution is 2.24. The fourth-order valence-corrected chi connectivity index (χ4v) is 4.44. The van der Waals surface area contributed by atoms with Crippen molar-refractivity contribution < 1.29 is 0 Å². The highest BCUT2D eigenvalue weighted by molar-refractivity contribution is 7.98. The summed E-state index contributed by atoms with van der Waals surface area (Å²) in [5.74, 6) is 0.780. The van der Waals surface area contributed by atoms with Crippen molar-refractivity contribution in [2.24, 2.45) is 0 Å². The molecular formula is C22H19N5O2S. The van der Waals surface area contributed by atoms with Crippen LogP contribution in [0.5, 0.6) is 0 Å². The number of aromatic nitrogens is 4. The molecular weight excluding hydrogens is 398 g/mol. The Kier molecular flexibility index (Phi) is 5.38. The molecule has 0 saturated heterocycles. The molecule has 2 aromatic heterocycles. The van der Waals surface area contributed by atoms with Gasteiger partial charge in [0.2, 0.25) is 0 Å². The number of hydrogen-bond donors (Lipinski definition) is 0. The highest BCUT2D eigenvalue weighted by atomic mass is 32.2. The van der Waals surface area contributed by atoms with E-state index >= 15 is 0 Å². The first-order chi connectivity index (χ1) is 14.5. The SMILES string of the molecule is CC(C)n1c(SCc2nc3ccccc3c(=O)n2CC#N)nc2ccccc2c1=O. The molecule has 4 aromatic rings. The Morgan fingerprint density at radius 2 is 1.57 bits per heavy atom. The molecule has 0 spiro atoms. The smallest absolute Gasteiger partial charge is 0.262 e. The van der Waals surface area contributed by atoms with Crippen molar-refractivity contribution in [3.05, 3.63) is 75.1 Å². The molecule has 2 heterocycles. The van der Waals surface area contributed by atoms with Crippen molar-refractivity contribution in [2.45, 2.75) is 37.3 Å². The first-order valence-electron chi connectivity index (χ1n) is 9.50. The first-order valence-corrected chi connectivity index (χ1v) is 10.5. The Labute approximate surface area is 176 Å². The number of nitriles is 1. The number of thioether (sulfide) groups is 1. The van der Waals surface area contributed by atoms with E-state index < -0.39 is 0 Å². The second-order valence-corrected chi connectivity index (χ2v) is 8.01. The van der Waals surface area contributed by atoms with Crippen LogP contribution in [0.2, 0.25) is 0 Å². The highest BCUT2D eigenvalue weighted by Gasteiger charge is 2.16. The van der Waals surface area contributed by atoms with Gasteiger partial charge in [0.1, 0.15) is 12.4 Å². The fraction of sp³-hybridized carbons (Fsp3) is 0.227. The van der Waals surface area contributed by atoms with Crippen molar-refractivity contribution in [3.8, 4) is 6.07 Å². The van der Waals surface area contributed by atoms with Crippen molar-refractivity contribution in [2.75, 3.05) is 0 Å². The second kappa shape index (κ2) is 8.13. The lowest BCUT2D eigenvalue weighted by molar-refractivity contribution is 0.519. The fourth-order valence-electron chi connectivity index (χ4n) is 3.37. The van der Waals surface area contributed by atoms with Crippen LogP contribution in [0.1, 0.15) is 25.7 Å². The van der Waals surface area contributed by atoms with Gasteiger partial charge in [-0.05, 0) is 38.1 Å². The van der Waals surface area contributed by atoms with Gasteiger partial charge < -0.3 is 0 Å². The minimum absolute atomic E-state index is 0.0806. The quantitative estimate of drug-likeness (QED) is 0.364. The van der Waals surface area contributed by atoms with Crippen LogP contribution in [-0.4, -0.2) is 19.1 Å². The molecule has 2 aromatic carbocycles. The Morgan fingerprint density at radius 3 is 2.20 bits per heavy atom. The van der Waals surface area contributed by atoms with E-state index in [-0.39, 0.29) is 23.7 Å². The maximum Gasteiger partial charge on any atom is 0.262 e. The molecule has 0 N–H and O–H groups in total. The van der Waals surface area contributed by atoms with E-state index in [0.29, 0.717) is 38.5 Å². The Morgan fingerprint density at radius 1 is 0.967 bits per heavy atom. The zero-order chi connectivity index (χ0) is 21.3. The summed E-state index contributed by atoms with van der Waals surface area (Å²) in [5, 5.41) is 10.8. The van der Waals surface area contributed by atoms with Crippen LogP contribution < -0.4 is 11.1 Å². The third-order valence-electron chi connectivity index (χ3n) is 4.79. The summed E-state index contributed by atoms with van der Waals surface area (Å²) in [6.07, 6.45) is 0. The lowest BCUT2D eigenvalue weighted by Crippen LogP contribution is -2.26. The van der Waals surface area contributed by atoms with Crippen LogP contribution in [0.15, 0.2) is 63.3 Å². The van der Waals surface area contributed by atoms with Gasteiger partial charge in [-0.2, -0.15) is 5.26 Å². The van der Waals surface area contributed by atoms with Crippen LogP contribution in [0, 0.1) is 11.3 Å². The zero-order valence-corrected chi connectivity index (χ0v) is 17.4. The van der Waals surface area contributed by atoms with Gasteiger partial charge >= 0.3 is 0 Å². The minimum atomic E-state index is -0.245. The number of rotatable bonds is 5. The van der Waals surface area contributed by atoms with Gasteiger partial charge in [-0.1, -0.05) is 36.0 Å². The topological polar surface area (TPSA) is 93.6 Å². The van der Waals surface area contributed by atoms with E-state index in [9.17, 15) is 14.9 Å². The molecule has 150 valence electrons. The van der Waals surface area contributed by atoms with E-state index in [1.54, 1.807) is 28.8 Å². The number of fused-ring (bicyclic) bond motifs is 2. The summed E-state index contributed by atoms with van der Waals surface area (Å²) in [6.45, 7) is 3.78. The second-order valence-electron chi connectivity index (χ2n) is 7.06. The predicted octanol–water partition coefficient (Wildman–Crippen LogP) is 3.50. The van der Waals surface area contributed by atoms with Gasteiger partial charge in [-0.25, -0.2) is 9.97 Å². The molecule has 0 saturated carbocycles. The van der Waals surface area contributed by atoms with Crippen LogP contribution in [-0.2, 0) is 12.3 Å². The van der Waals surface area contributed by atoms with E-state index in [0.717, 1.165) is 0 Å². The summed E-state index contributed by atoms with van der Waals surface area (Å²) >= 11 is 1.33. The Hall–Kier alpha value is -3.44. The van der Waals surface area contributed by atoms with Gasteiger partial charge in [-0.3, -0.25) is 18.7 Å². The Balaban J connectivity index is 1.81. The van der Waals surface area contributed by atoms with Crippen molar-refractivity contribution in [1.29, 1.82) is 5.26 Å². The largest absolute Gasteiger partial charge is 0.285 e. The molecule has 0 bridgehead atoms. The van der Waals surface area contributed by atoms with Crippen LogP contribution in [0.3, 0.4) is 0 Å². The zero-order valence-electron chi connectivity index (χ0n) is 16.6. The normalized spacial score (nSPS) is 11.3. The predicted molar refractivity (Wildman–Crippen MR) is 118 cm³/mol. The average Bonchev–Trinajstić information content (AvgIpc) is 2.74. The van der Waals surface area contributed by atoms with E-state index in [4.69, 9.17) is 0 Å². The molecule has 0 fully saturated rings. The summed E-state index contributed by atoms with van der Waals surface area (Å²) in [5.41, 5.74) is 0.868. The standard InChI is InChI=1S/C22H19N5O2S/c1-14(2)27-21(29)16-8-4-6-10-18(16)25-22(27)30-13-19-24-17-9-5-3-7-15(17)20(28)26(19)12-11-23/h3-10,14H,12-13H2,1-2H3. The van der Waals surface area contributed by atoms with Gasteiger partial charge in [0.15, 0.2) is 5.16 Å². The summed E-state index contributed by atoms with van der Waals surface area (Å²) in [4.78, 5) is 35.1. The molecule has 0 unspecified atom stereocenters. The molecule has 0 radical (unpaired) electrons. The molecule has 8 heteroatoms. The van der Waals surface area contributed by atoms with Crippen LogP contribution >= 0.6 is 11.8 Å². The van der Waals surface area contributed by atoms with Crippen LogP contribution in [0.4, 0.5) is 0 Å². The molecule has 30 heavy (non-hydrogen) atoms. The van der Waals surface area contributed by atoms with Crippen molar-refractivity contribution in [1.82, 2.24) is 19.1 Å². The number of para-hydroxylation sites is 2. The molecule has 7 nitrogen and oxygen atoms in total. The maximum atomic E-state index is 13.0. The van der Waals surface area contributed by atoms with Crippen molar-refractivity contribution in [3.63, 3.8) is 0 Å². The monoisotopic (exact) mass is 417 g/mol. The van der Waals surface area contributed by atoms with E-state index in [2.05, 4.69) is 9.97 Å². The van der Waals surface area contributed by atoms with Gasteiger partial charge in [0, 0.05) is 6.04 Å². The summed E-state index contributed by atoms with van der Waals surface area (Å²) in [7, 11) is 0. The lowest BCUT2D eigenvalue weighted by atomic mass is 10.2. The van der Waals surface area contributed by atoms with Crippen molar-refractivity contribution >= 4 is 33.6 Å². The molecule has 0 aliphatic carbocycles. The molecule has 0 aliphatic heterocycles. The van der Waals surface area contributed by atoms with Gasteiger partial charge in [0.05, 0.1) is 33.6 Å². The number of hydrogen-bond acceptors (Lipinski definition) is 6. The minimum Gasteiger partial charge on any atom is -0.285 e. The lowest BCUT2D eigenvalue weighted by Gasteiger charge is -2.16. The number of benzene rings is 2. The number of nitrogens with zero attached hydrogens (tertiary/aromatic N) is 5. The molecule has 4 rings (SSSR count). The molecule has 0 atom stereocenters. The molecule has 0 aliphatic rings.